The SMILES string of the molecule is C=C(N)c1cc(N)ccc1Cl. The molecule has 0 aliphatic heterocycles. The van der Waals surface area contributed by atoms with Crippen molar-refractivity contribution in [1.82, 2.24) is 0 Å². The Morgan fingerprint density at radius 3 is 2.55 bits per heavy atom. The van der Waals surface area contributed by atoms with Crippen LogP contribution in [0.15, 0.2) is 24.8 Å². The van der Waals surface area contributed by atoms with E-state index < -0.39 is 0 Å². The predicted molar refractivity (Wildman–Crippen MR) is 49.1 cm³/mol. The molecule has 0 saturated heterocycles. The van der Waals surface area contributed by atoms with Crippen molar-refractivity contribution in [2.75, 3.05) is 5.73 Å². The molecular formula is C8H9ClN2. The lowest BCUT2D eigenvalue weighted by Crippen LogP contribution is -1.96. The highest BCUT2D eigenvalue weighted by Crippen LogP contribution is 2.21. The Morgan fingerprint density at radius 2 is 2.09 bits per heavy atom. The average molecular weight is 169 g/mol. The van der Waals surface area contributed by atoms with Crippen LogP contribution < -0.4 is 11.5 Å². The summed E-state index contributed by atoms with van der Waals surface area (Å²) in [6.07, 6.45) is 0. The lowest BCUT2D eigenvalue weighted by molar-refractivity contribution is 1.53. The molecule has 3 heteroatoms. The van der Waals surface area contributed by atoms with Crippen molar-refractivity contribution in [3.63, 3.8) is 0 Å². The zero-order chi connectivity index (χ0) is 8.43. The van der Waals surface area contributed by atoms with Gasteiger partial charge in [-0.3, -0.25) is 0 Å². The molecule has 0 saturated carbocycles. The second-order valence-corrected chi connectivity index (χ2v) is 2.67. The summed E-state index contributed by atoms with van der Waals surface area (Å²) in [7, 11) is 0. The summed E-state index contributed by atoms with van der Waals surface area (Å²) in [6, 6.07) is 5.11. The molecule has 2 nitrogen and oxygen atoms in total. The molecule has 0 unspecified atom stereocenters. The van der Waals surface area contributed by atoms with Gasteiger partial charge in [0.1, 0.15) is 0 Å². The third kappa shape index (κ3) is 1.65. The maximum atomic E-state index is 5.79. The van der Waals surface area contributed by atoms with Crippen molar-refractivity contribution < 1.29 is 0 Å². The van der Waals surface area contributed by atoms with Crippen molar-refractivity contribution in [3.05, 3.63) is 35.4 Å². The van der Waals surface area contributed by atoms with Crippen LogP contribution in [0, 0.1) is 0 Å². The third-order valence-electron chi connectivity index (χ3n) is 1.34. The second-order valence-electron chi connectivity index (χ2n) is 2.26. The Labute approximate surface area is 70.5 Å². The summed E-state index contributed by atoms with van der Waals surface area (Å²) in [4.78, 5) is 0. The van der Waals surface area contributed by atoms with Gasteiger partial charge in [-0.05, 0) is 18.2 Å². The molecular weight excluding hydrogens is 160 g/mol. The van der Waals surface area contributed by atoms with Gasteiger partial charge in [-0.2, -0.15) is 0 Å². The van der Waals surface area contributed by atoms with Crippen LogP contribution in [-0.4, -0.2) is 0 Å². The quantitative estimate of drug-likeness (QED) is 0.629. The summed E-state index contributed by atoms with van der Waals surface area (Å²) in [5.74, 6) is 0. The zero-order valence-electron chi connectivity index (χ0n) is 5.97. The van der Waals surface area contributed by atoms with Gasteiger partial charge in [0.2, 0.25) is 0 Å². The fourth-order valence-corrected chi connectivity index (χ4v) is 1.03. The van der Waals surface area contributed by atoms with Crippen molar-refractivity contribution in [2.45, 2.75) is 0 Å². The van der Waals surface area contributed by atoms with Gasteiger partial charge < -0.3 is 11.5 Å². The number of hydrogen-bond donors (Lipinski definition) is 2. The summed E-state index contributed by atoms with van der Waals surface area (Å²) in [5.41, 5.74) is 12.7. The molecule has 0 aromatic heterocycles. The lowest BCUT2D eigenvalue weighted by Gasteiger charge is -2.03. The number of nitrogens with two attached hydrogens (primary N) is 2. The van der Waals surface area contributed by atoms with Gasteiger partial charge in [0.05, 0.1) is 0 Å². The molecule has 11 heavy (non-hydrogen) atoms. The molecule has 1 aromatic carbocycles. The maximum absolute atomic E-state index is 5.79. The first-order valence-corrected chi connectivity index (χ1v) is 3.49. The van der Waals surface area contributed by atoms with Crippen molar-refractivity contribution in [3.8, 4) is 0 Å². The smallest absolute Gasteiger partial charge is 0.0500 e. The van der Waals surface area contributed by atoms with Gasteiger partial charge in [0.25, 0.3) is 0 Å². The molecule has 4 N–H and O–H groups in total. The normalized spacial score (nSPS) is 9.55. The largest absolute Gasteiger partial charge is 0.399 e. The highest BCUT2D eigenvalue weighted by atomic mass is 35.5. The fourth-order valence-electron chi connectivity index (χ4n) is 0.789. The molecule has 0 radical (unpaired) electrons. The van der Waals surface area contributed by atoms with Crippen molar-refractivity contribution in [2.24, 2.45) is 5.73 Å². The molecule has 1 rings (SSSR count). The number of nitrogen functional groups attached to an aromatic ring is 1. The van der Waals surface area contributed by atoms with Gasteiger partial charge in [0.15, 0.2) is 0 Å². The number of halogens is 1. The molecule has 0 heterocycles. The first-order valence-electron chi connectivity index (χ1n) is 3.11. The van der Waals surface area contributed by atoms with Crippen LogP contribution in [0.1, 0.15) is 5.56 Å². The molecule has 0 spiro atoms. The number of benzene rings is 1. The number of hydrogen-bond acceptors (Lipinski definition) is 2. The summed E-state index contributed by atoms with van der Waals surface area (Å²) < 4.78 is 0. The zero-order valence-corrected chi connectivity index (χ0v) is 6.73. The van der Waals surface area contributed by atoms with Crippen LogP contribution >= 0.6 is 11.6 Å². The minimum Gasteiger partial charge on any atom is -0.399 e. The predicted octanol–water partition coefficient (Wildman–Crippen LogP) is 1.85. The van der Waals surface area contributed by atoms with E-state index in [2.05, 4.69) is 6.58 Å². The van der Waals surface area contributed by atoms with E-state index in [4.69, 9.17) is 23.1 Å². The van der Waals surface area contributed by atoms with E-state index in [-0.39, 0.29) is 0 Å². The van der Waals surface area contributed by atoms with Gasteiger partial charge in [0, 0.05) is 22.0 Å². The second kappa shape index (κ2) is 2.84. The minimum absolute atomic E-state index is 0.433. The van der Waals surface area contributed by atoms with Crippen LogP contribution in [-0.2, 0) is 0 Å². The standard InChI is InChI=1S/C8H9ClN2/c1-5(10)7-4-6(11)2-3-8(7)9/h2-4H,1,10-11H2. The van der Waals surface area contributed by atoms with Crippen LogP contribution in [0.3, 0.4) is 0 Å². The molecule has 0 fully saturated rings. The molecule has 1 aromatic rings. The molecule has 0 amide bonds. The van der Waals surface area contributed by atoms with Crippen LogP contribution in [0.4, 0.5) is 5.69 Å². The summed E-state index contributed by atoms with van der Waals surface area (Å²) >= 11 is 5.79. The first-order chi connectivity index (χ1) is 5.11. The van der Waals surface area contributed by atoms with Gasteiger partial charge in [-0.25, -0.2) is 0 Å². The molecule has 0 atom stereocenters. The summed E-state index contributed by atoms with van der Waals surface area (Å²) in [5, 5.41) is 0.576. The average Bonchev–Trinajstić information content (AvgIpc) is 1.94. The monoisotopic (exact) mass is 168 g/mol. The Morgan fingerprint density at radius 1 is 1.45 bits per heavy atom. The van der Waals surface area contributed by atoms with Crippen LogP contribution in [0.2, 0.25) is 5.02 Å². The lowest BCUT2D eigenvalue weighted by atomic mass is 10.1. The minimum atomic E-state index is 0.433. The van der Waals surface area contributed by atoms with E-state index in [1.54, 1.807) is 18.2 Å². The summed E-state index contributed by atoms with van der Waals surface area (Å²) in [6.45, 7) is 3.57. The highest BCUT2D eigenvalue weighted by molar-refractivity contribution is 6.32. The maximum Gasteiger partial charge on any atom is 0.0500 e. The van der Waals surface area contributed by atoms with E-state index in [1.807, 2.05) is 0 Å². The molecule has 0 bridgehead atoms. The van der Waals surface area contributed by atoms with Gasteiger partial charge >= 0.3 is 0 Å². The molecule has 58 valence electrons. The van der Waals surface area contributed by atoms with Crippen LogP contribution in [0.5, 0.6) is 0 Å². The van der Waals surface area contributed by atoms with E-state index >= 15 is 0 Å². The third-order valence-corrected chi connectivity index (χ3v) is 1.67. The van der Waals surface area contributed by atoms with Gasteiger partial charge in [-0.1, -0.05) is 18.2 Å². The van der Waals surface area contributed by atoms with E-state index in [0.29, 0.717) is 22.0 Å². The Bertz CT molecular complexity index is 294. The van der Waals surface area contributed by atoms with Crippen LogP contribution in [0.25, 0.3) is 5.70 Å². The Hall–Kier alpha value is -1.15. The first kappa shape index (κ1) is 7.95. The van der Waals surface area contributed by atoms with Crippen molar-refractivity contribution >= 4 is 23.0 Å². The molecule has 0 aliphatic carbocycles. The van der Waals surface area contributed by atoms with E-state index in [9.17, 15) is 0 Å². The topological polar surface area (TPSA) is 52.0 Å². The number of anilines is 1. The Balaban J connectivity index is 3.23. The van der Waals surface area contributed by atoms with E-state index in [1.165, 1.54) is 0 Å². The van der Waals surface area contributed by atoms with Crippen molar-refractivity contribution in [1.29, 1.82) is 0 Å². The highest BCUT2D eigenvalue weighted by Gasteiger charge is 2.00. The van der Waals surface area contributed by atoms with E-state index in [0.717, 1.165) is 0 Å². The fraction of sp³-hybridized carbons (Fsp3) is 0. The van der Waals surface area contributed by atoms with Gasteiger partial charge in [-0.15, -0.1) is 0 Å². The molecule has 0 aliphatic rings. The number of rotatable bonds is 1. The Kier molecular flexibility index (Phi) is 2.06.